The van der Waals surface area contributed by atoms with E-state index in [1.807, 2.05) is 37.3 Å². The smallest absolute Gasteiger partial charge is 0.329 e. The van der Waals surface area contributed by atoms with Gasteiger partial charge in [-0.25, -0.2) is 4.79 Å². The standard InChI is InChI=1S/C17H23NO6/c1-4-23-15-11-17(16(20)22-3,10-14(19)21-2)18(24-15)12-13-8-6-5-7-9-13/h5-9,15H,4,10-12H2,1-3H3/t15-,17-/m1/s1. The number of hydrogen-bond donors (Lipinski definition) is 0. The summed E-state index contributed by atoms with van der Waals surface area (Å²) in [5.74, 6) is -1.06. The number of methoxy groups -OCH3 is 2. The molecule has 1 aromatic rings. The van der Waals surface area contributed by atoms with Crippen molar-refractivity contribution in [2.75, 3.05) is 20.8 Å². The van der Waals surface area contributed by atoms with Crippen molar-refractivity contribution in [2.24, 2.45) is 0 Å². The number of carbonyl (C=O) groups is 2. The minimum absolute atomic E-state index is 0.174. The van der Waals surface area contributed by atoms with Crippen LogP contribution in [0.1, 0.15) is 25.3 Å². The lowest BCUT2D eigenvalue weighted by Gasteiger charge is -2.32. The van der Waals surface area contributed by atoms with E-state index in [1.165, 1.54) is 19.3 Å². The Kier molecular flexibility index (Phi) is 6.30. The Morgan fingerprint density at radius 2 is 1.96 bits per heavy atom. The molecule has 1 aliphatic heterocycles. The Morgan fingerprint density at radius 1 is 1.25 bits per heavy atom. The Morgan fingerprint density at radius 3 is 2.54 bits per heavy atom. The fourth-order valence-electron chi connectivity index (χ4n) is 2.79. The molecular formula is C17H23NO6. The van der Waals surface area contributed by atoms with Crippen LogP contribution in [0.4, 0.5) is 0 Å². The second-order valence-electron chi connectivity index (χ2n) is 5.49. The zero-order valence-corrected chi connectivity index (χ0v) is 14.2. The first kappa shape index (κ1) is 18.4. The second-order valence-corrected chi connectivity index (χ2v) is 5.49. The predicted molar refractivity (Wildman–Crippen MR) is 84.5 cm³/mol. The third kappa shape index (κ3) is 3.92. The topological polar surface area (TPSA) is 74.3 Å². The maximum Gasteiger partial charge on any atom is 0.329 e. The van der Waals surface area contributed by atoms with Gasteiger partial charge in [-0.15, -0.1) is 0 Å². The van der Waals surface area contributed by atoms with Crippen molar-refractivity contribution in [1.82, 2.24) is 5.06 Å². The molecule has 1 aliphatic rings. The van der Waals surface area contributed by atoms with Gasteiger partial charge in [0.2, 0.25) is 0 Å². The van der Waals surface area contributed by atoms with Gasteiger partial charge in [-0.3, -0.25) is 9.63 Å². The maximum atomic E-state index is 12.5. The Labute approximate surface area is 141 Å². The number of benzene rings is 1. The van der Waals surface area contributed by atoms with Crippen LogP contribution >= 0.6 is 0 Å². The normalized spacial score (nSPS) is 23.9. The van der Waals surface area contributed by atoms with E-state index in [0.717, 1.165) is 5.56 Å². The Hall–Kier alpha value is -1.96. The van der Waals surface area contributed by atoms with Crippen molar-refractivity contribution in [3.05, 3.63) is 35.9 Å². The lowest BCUT2D eigenvalue weighted by molar-refractivity contribution is -0.257. The molecule has 0 aromatic heterocycles. The minimum atomic E-state index is -1.28. The summed E-state index contributed by atoms with van der Waals surface area (Å²) in [5.41, 5.74) is -0.342. The van der Waals surface area contributed by atoms with Crippen LogP contribution in [0.25, 0.3) is 0 Å². The molecule has 0 amide bonds. The van der Waals surface area contributed by atoms with Gasteiger partial charge < -0.3 is 14.2 Å². The van der Waals surface area contributed by atoms with E-state index >= 15 is 0 Å². The van der Waals surface area contributed by atoms with E-state index < -0.39 is 23.8 Å². The highest BCUT2D eigenvalue weighted by atomic mass is 16.8. The zero-order chi connectivity index (χ0) is 17.6. The van der Waals surface area contributed by atoms with E-state index in [1.54, 1.807) is 0 Å². The fourth-order valence-corrected chi connectivity index (χ4v) is 2.79. The van der Waals surface area contributed by atoms with Gasteiger partial charge in [-0.1, -0.05) is 30.3 Å². The third-order valence-corrected chi connectivity index (χ3v) is 3.98. The summed E-state index contributed by atoms with van der Waals surface area (Å²) in [7, 11) is 2.57. The van der Waals surface area contributed by atoms with E-state index in [-0.39, 0.29) is 12.8 Å². The molecular weight excluding hydrogens is 314 g/mol. The van der Waals surface area contributed by atoms with E-state index in [4.69, 9.17) is 19.0 Å². The fraction of sp³-hybridized carbons (Fsp3) is 0.529. The quantitative estimate of drug-likeness (QED) is 0.701. The summed E-state index contributed by atoms with van der Waals surface area (Å²) in [6, 6.07) is 9.52. The average Bonchev–Trinajstić information content (AvgIpc) is 2.93. The van der Waals surface area contributed by atoms with Gasteiger partial charge in [-0.05, 0) is 12.5 Å². The molecule has 7 heteroatoms. The van der Waals surface area contributed by atoms with E-state index in [2.05, 4.69) is 0 Å². The molecule has 2 rings (SSSR count). The lowest BCUT2D eigenvalue weighted by atomic mass is 9.90. The first-order chi connectivity index (χ1) is 11.6. The van der Waals surface area contributed by atoms with Gasteiger partial charge >= 0.3 is 11.9 Å². The zero-order valence-electron chi connectivity index (χ0n) is 14.2. The van der Waals surface area contributed by atoms with Crippen molar-refractivity contribution in [1.29, 1.82) is 0 Å². The summed E-state index contributed by atoms with van der Waals surface area (Å²) < 4.78 is 15.2. The van der Waals surface area contributed by atoms with Crippen molar-refractivity contribution < 1.29 is 28.6 Å². The average molecular weight is 337 g/mol. The SMILES string of the molecule is CCO[C@H]1C[C@](CC(=O)OC)(C(=O)OC)N(Cc2ccccc2)O1. The largest absolute Gasteiger partial charge is 0.469 e. The van der Waals surface area contributed by atoms with Crippen LogP contribution in [0, 0.1) is 0 Å². The van der Waals surface area contributed by atoms with Gasteiger partial charge in [0.25, 0.3) is 0 Å². The van der Waals surface area contributed by atoms with E-state index in [0.29, 0.717) is 13.2 Å². The van der Waals surface area contributed by atoms with Crippen LogP contribution in [-0.2, 0) is 35.2 Å². The number of rotatable bonds is 7. The van der Waals surface area contributed by atoms with E-state index in [9.17, 15) is 9.59 Å². The minimum Gasteiger partial charge on any atom is -0.469 e. The van der Waals surface area contributed by atoms with Crippen LogP contribution in [-0.4, -0.2) is 49.7 Å². The molecule has 1 aromatic carbocycles. The second kappa shape index (κ2) is 8.23. The molecule has 0 unspecified atom stereocenters. The molecule has 0 saturated carbocycles. The molecule has 132 valence electrons. The lowest BCUT2D eigenvalue weighted by Crippen LogP contribution is -2.51. The summed E-state index contributed by atoms with van der Waals surface area (Å²) in [6.45, 7) is 2.58. The monoisotopic (exact) mass is 337 g/mol. The molecule has 24 heavy (non-hydrogen) atoms. The number of hydrogen-bond acceptors (Lipinski definition) is 7. The molecule has 2 atom stereocenters. The van der Waals surface area contributed by atoms with Crippen LogP contribution < -0.4 is 0 Å². The Balaban J connectivity index is 2.32. The van der Waals surface area contributed by atoms with Crippen molar-refractivity contribution in [3.8, 4) is 0 Å². The molecule has 0 aliphatic carbocycles. The van der Waals surface area contributed by atoms with Gasteiger partial charge in [0, 0.05) is 13.0 Å². The maximum absolute atomic E-state index is 12.5. The third-order valence-electron chi connectivity index (χ3n) is 3.98. The molecule has 0 radical (unpaired) electrons. The summed E-state index contributed by atoms with van der Waals surface area (Å²) in [6.07, 6.45) is -0.607. The highest BCUT2D eigenvalue weighted by molar-refractivity contribution is 5.87. The van der Waals surface area contributed by atoms with Crippen LogP contribution in [0.2, 0.25) is 0 Å². The molecule has 7 nitrogen and oxygen atoms in total. The first-order valence-electron chi connectivity index (χ1n) is 7.81. The number of ether oxygens (including phenoxy) is 3. The molecule has 1 fully saturated rings. The van der Waals surface area contributed by atoms with Crippen LogP contribution in [0.5, 0.6) is 0 Å². The van der Waals surface area contributed by atoms with Crippen molar-refractivity contribution in [3.63, 3.8) is 0 Å². The highest BCUT2D eigenvalue weighted by Gasteiger charge is 2.55. The van der Waals surface area contributed by atoms with Crippen LogP contribution in [0.15, 0.2) is 30.3 Å². The number of hydroxylamine groups is 2. The van der Waals surface area contributed by atoms with Crippen molar-refractivity contribution >= 4 is 11.9 Å². The Bertz CT molecular complexity index is 563. The highest BCUT2D eigenvalue weighted by Crippen LogP contribution is 2.38. The van der Waals surface area contributed by atoms with Gasteiger partial charge in [0.1, 0.15) is 0 Å². The molecule has 1 saturated heterocycles. The number of nitrogens with zero attached hydrogens (tertiary/aromatic N) is 1. The van der Waals surface area contributed by atoms with Gasteiger partial charge in [0.05, 0.1) is 27.2 Å². The van der Waals surface area contributed by atoms with Crippen molar-refractivity contribution in [2.45, 2.75) is 38.1 Å². The predicted octanol–water partition coefficient (Wildman–Crippen LogP) is 1.66. The van der Waals surface area contributed by atoms with Gasteiger partial charge in [0.15, 0.2) is 11.8 Å². The number of esters is 2. The molecule has 0 N–H and O–H groups in total. The first-order valence-corrected chi connectivity index (χ1v) is 7.81. The summed E-state index contributed by atoms with van der Waals surface area (Å²) in [4.78, 5) is 30.2. The molecule has 0 spiro atoms. The summed E-state index contributed by atoms with van der Waals surface area (Å²) in [5, 5.41) is 1.48. The number of carbonyl (C=O) groups excluding carboxylic acids is 2. The van der Waals surface area contributed by atoms with Gasteiger partial charge in [-0.2, -0.15) is 5.06 Å². The van der Waals surface area contributed by atoms with Crippen LogP contribution in [0.3, 0.4) is 0 Å². The molecule has 1 heterocycles. The summed E-state index contributed by atoms with van der Waals surface area (Å²) >= 11 is 0. The molecule has 0 bridgehead atoms.